The number of rotatable bonds is 36. The van der Waals surface area contributed by atoms with Gasteiger partial charge in [0.05, 0.1) is 19.8 Å². The molecule has 0 fully saturated rings. The van der Waals surface area contributed by atoms with Crippen LogP contribution in [0.3, 0.4) is 0 Å². The van der Waals surface area contributed by atoms with Crippen LogP contribution in [-0.4, -0.2) is 49.9 Å². The number of nitrogens with two attached hydrogens (primary N) is 1. The van der Waals surface area contributed by atoms with E-state index in [1.54, 1.807) is 0 Å². The fraction of sp³-hybridized carbons (Fsp3) is 0.971. The SMILES string of the molecule is CCCCCCCCCCCCCCCCCCC(=O)OC(COCCCCCCCCCCC)COP(=O)(O)OCCN. The summed E-state index contributed by atoms with van der Waals surface area (Å²) < 4.78 is 33.2. The van der Waals surface area contributed by atoms with Gasteiger partial charge in [0.15, 0.2) is 0 Å². The third kappa shape index (κ3) is 32.9. The molecule has 0 aromatic carbocycles. The van der Waals surface area contributed by atoms with Crippen molar-refractivity contribution in [3.63, 3.8) is 0 Å². The molecule has 8 nitrogen and oxygen atoms in total. The molecule has 44 heavy (non-hydrogen) atoms. The van der Waals surface area contributed by atoms with E-state index in [-0.39, 0.29) is 32.3 Å². The molecule has 0 aromatic rings. The lowest BCUT2D eigenvalue weighted by molar-refractivity contribution is -0.154. The average Bonchev–Trinajstić information content (AvgIpc) is 3.01. The Kier molecular flexibility index (Phi) is 33.5. The normalized spacial score (nSPS) is 13.6. The molecule has 2 atom stereocenters. The summed E-state index contributed by atoms with van der Waals surface area (Å²) in [6.07, 6.45) is 31.1. The highest BCUT2D eigenvalue weighted by Gasteiger charge is 2.25. The van der Waals surface area contributed by atoms with Crippen molar-refractivity contribution in [1.29, 1.82) is 0 Å². The largest absolute Gasteiger partial charge is 0.472 e. The van der Waals surface area contributed by atoms with Crippen LogP contribution in [0.25, 0.3) is 0 Å². The summed E-state index contributed by atoms with van der Waals surface area (Å²) in [7, 11) is -4.26. The summed E-state index contributed by atoms with van der Waals surface area (Å²) in [6.45, 7) is 4.94. The lowest BCUT2D eigenvalue weighted by Gasteiger charge is -2.20. The van der Waals surface area contributed by atoms with Crippen LogP contribution in [0.1, 0.15) is 181 Å². The van der Waals surface area contributed by atoms with Crippen molar-refractivity contribution in [1.82, 2.24) is 0 Å². The van der Waals surface area contributed by atoms with Gasteiger partial charge in [-0.25, -0.2) is 4.57 Å². The van der Waals surface area contributed by atoms with Crippen LogP contribution < -0.4 is 5.73 Å². The summed E-state index contributed by atoms with van der Waals surface area (Å²) in [5.74, 6) is -0.328. The van der Waals surface area contributed by atoms with E-state index in [0.717, 1.165) is 32.1 Å². The monoisotopic (exact) mass is 650 g/mol. The molecule has 0 radical (unpaired) electrons. The van der Waals surface area contributed by atoms with Gasteiger partial charge >= 0.3 is 13.8 Å². The molecule has 0 aliphatic carbocycles. The molecule has 0 aromatic heterocycles. The Bertz CT molecular complexity index is 653. The minimum absolute atomic E-state index is 0.0907. The minimum atomic E-state index is -4.26. The maximum Gasteiger partial charge on any atom is 0.472 e. The van der Waals surface area contributed by atoms with Crippen LogP contribution >= 0.6 is 7.82 Å². The van der Waals surface area contributed by atoms with Gasteiger partial charge in [-0.05, 0) is 12.8 Å². The molecule has 0 aliphatic rings. The highest BCUT2D eigenvalue weighted by molar-refractivity contribution is 7.47. The Morgan fingerprint density at radius 2 is 1.00 bits per heavy atom. The van der Waals surface area contributed by atoms with Gasteiger partial charge in [0.1, 0.15) is 6.10 Å². The third-order valence-electron chi connectivity index (χ3n) is 8.02. The first-order valence-corrected chi connectivity index (χ1v) is 20.0. The van der Waals surface area contributed by atoms with Gasteiger partial charge < -0.3 is 20.1 Å². The van der Waals surface area contributed by atoms with E-state index >= 15 is 0 Å². The van der Waals surface area contributed by atoms with E-state index < -0.39 is 13.9 Å². The van der Waals surface area contributed by atoms with E-state index in [1.807, 2.05) is 0 Å². The molecular weight excluding hydrogens is 577 g/mol. The predicted molar refractivity (Wildman–Crippen MR) is 183 cm³/mol. The second-order valence-corrected chi connectivity index (χ2v) is 13.9. The number of carbonyl (C=O) groups excluding carboxylic acids is 1. The van der Waals surface area contributed by atoms with Crippen LogP contribution in [0.15, 0.2) is 0 Å². The number of esters is 1. The Hall–Kier alpha value is -0.500. The van der Waals surface area contributed by atoms with Gasteiger partial charge in [0.2, 0.25) is 0 Å². The quantitative estimate of drug-likeness (QED) is 0.0391. The van der Waals surface area contributed by atoms with Crippen molar-refractivity contribution in [2.75, 3.05) is 33.0 Å². The number of hydrogen-bond donors (Lipinski definition) is 2. The van der Waals surface area contributed by atoms with Crippen molar-refractivity contribution in [3.05, 3.63) is 0 Å². The maximum absolute atomic E-state index is 12.5. The van der Waals surface area contributed by atoms with Crippen LogP contribution in [0, 0.1) is 0 Å². The fourth-order valence-electron chi connectivity index (χ4n) is 5.29. The molecule has 0 saturated heterocycles. The molecule has 0 rings (SSSR count). The summed E-state index contributed by atoms with van der Waals surface area (Å²) in [5.41, 5.74) is 5.34. The predicted octanol–water partition coefficient (Wildman–Crippen LogP) is 10.2. The summed E-state index contributed by atoms with van der Waals surface area (Å²) >= 11 is 0. The highest BCUT2D eigenvalue weighted by atomic mass is 31.2. The van der Waals surface area contributed by atoms with Crippen molar-refractivity contribution >= 4 is 13.8 Å². The Labute approximate surface area is 271 Å². The molecule has 0 bridgehead atoms. The van der Waals surface area contributed by atoms with E-state index in [2.05, 4.69) is 13.8 Å². The molecular formula is C35H72NO7P. The number of ether oxygens (including phenoxy) is 2. The first-order valence-electron chi connectivity index (χ1n) is 18.5. The summed E-state index contributed by atoms with van der Waals surface area (Å²) in [6, 6.07) is 0. The lowest BCUT2D eigenvalue weighted by Crippen LogP contribution is -2.28. The van der Waals surface area contributed by atoms with Crippen LogP contribution in [0.4, 0.5) is 0 Å². The zero-order valence-electron chi connectivity index (χ0n) is 28.9. The van der Waals surface area contributed by atoms with Gasteiger partial charge in [-0.15, -0.1) is 0 Å². The number of phosphoric acid groups is 1. The van der Waals surface area contributed by atoms with Crippen molar-refractivity contribution < 1.29 is 32.8 Å². The first-order chi connectivity index (χ1) is 21.4. The molecule has 0 amide bonds. The summed E-state index contributed by atoms with van der Waals surface area (Å²) in [5, 5.41) is 0. The van der Waals surface area contributed by atoms with Crippen molar-refractivity contribution in [2.24, 2.45) is 5.73 Å². The zero-order chi connectivity index (χ0) is 32.4. The molecule has 264 valence electrons. The van der Waals surface area contributed by atoms with Crippen LogP contribution in [-0.2, 0) is 27.9 Å². The smallest absolute Gasteiger partial charge is 0.457 e. The third-order valence-corrected chi connectivity index (χ3v) is 9.01. The average molecular weight is 650 g/mol. The molecule has 0 heterocycles. The number of phosphoric ester groups is 1. The molecule has 0 aliphatic heterocycles. The molecule has 2 unspecified atom stereocenters. The van der Waals surface area contributed by atoms with Gasteiger partial charge in [-0.2, -0.15) is 0 Å². The highest BCUT2D eigenvalue weighted by Crippen LogP contribution is 2.43. The second-order valence-electron chi connectivity index (χ2n) is 12.5. The molecule has 3 N–H and O–H groups in total. The van der Waals surface area contributed by atoms with Crippen molar-refractivity contribution in [3.8, 4) is 0 Å². The topological polar surface area (TPSA) is 117 Å². The van der Waals surface area contributed by atoms with Crippen molar-refractivity contribution in [2.45, 2.75) is 187 Å². The lowest BCUT2D eigenvalue weighted by atomic mass is 10.0. The standard InChI is InChI=1S/C35H72NO7P/c1-3-5-7-9-11-13-14-15-16-17-18-19-20-22-24-26-28-35(37)43-34(33-42-44(38,39)41-31-29-36)32-40-30-27-25-23-21-12-10-8-6-4-2/h34H,3-33,36H2,1-2H3,(H,38,39). The second kappa shape index (κ2) is 33.9. The van der Waals surface area contributed by atoms with E-state index in [0.29, 0.717) is 13.0 Å². The van der Waals surface area contributed by atoms with E-state index in [1.165, 1.54) is 128 Å². The maximum atomic E-state index is 12.5. The Balaban J connectivity index is 4.02. The van der Waals surface area contributed by atoms with Gasteiger partial charge in [-0.1, -0.05) is 162 Å². The van der Waals surface area contributed by atoms with Crippen LogP contribution in [0.5, 0.6) is 0 Å². The minimum Gasteiger partial charge on any atom is -0.457 e. The van der Waals surface area contributed by atoms with Crippen LogP contribution in [0.2, 0.25) is 0 Å². The zero-order valence-corrected chi connectivity index (χ0v) is 29.8. The van der Waals surface area contributed by atoms with Gasteiger partial charge in [0, 0.05) is 19.6 Å². The van der Waals surface area contributed by atoms with E-state index in [4.69, 9.17) is 24.3 Å². The molecule has 0 saturated carbocycles. The first kappa shape index (κ1) is 43.5. The summed E-state index contributed by atoms with van der Waals surface area (Å²) in [4.78, 5) is 22.3. The fourth-order valence-corrected chi connectivity index (χ4v) is 6.06. The Morgan fingerprint density at radius 3 is 1.43 bits per heavy atom. The number of carbonyl (C=O) groups is 1. The van der Waals surface area contributed by atoms with Gasteiger partial charge in [0.25, 0.3) is 0 Å². The van der Waals surface area contributed by atoms with E-state index in [9.17, 15) is 14.3 Å². The Morgan fingerprint density at radius 1 is 0.591 bits per heavy atom. The van der Waals surface area contributed by atoms with Gasteiger partial charge in [-0.3, -0.25) is 13.8 Å². The number of hydrogen-bond acceptors (Lipinski definition) is 7. The molecule has 9 heteroatoms. The molecule has 0 spiro atoms. The number of unbranched alkanes of at least 4 members (excludes halogenated alkanes) is 23.